The molecule has 3 aliphatic heterocycles. The fourth-order valence-electron chi connectivity index (χ4n) is 16.8. The maximum atomic E-state index is 5.05. The average Bonchev–Trinajstić information content (AvgIpc) is 1.56. The van der Waals surface area contributed by atoms with Crippen LogP contribution in [-0.2, 0) is 47.3 Å². The minimum Gasteiger partial charge on any atom is -0.344 e. The maximum absolute atomic E-state index is 5.05. The van der Waals surface area contributed by atoms with E-state index in [0.29, 0.717) is 0 Å². The van der Waals surface area contributed by atoms with Gasteiger partial charge in [0.1, 0.15) is 7.05 Å². The lowest BCUT2D eigenvalue weighted by atomic mass is 9.68. The highest BCUT2D eigenvalue weighted by molar-refractivity contribution is 6.08. The number of anilines is 2. The molecule has 14 rings (SSSR count). The molecule has 0 radical (unpaired) electrons. The van der Waals surface area contributed by atoms with Crippen molar-refractivity contribution in [1.82, 2.24) is 0 Å². The minimum absolute atomic E-state index is 0.267. The summed E-state index contributed by atoms with van der Waals surface area (Å²) in [4.78, 5) is 5.11. The quantitative estimate of drug-likeness (QED) is 0.0705. The second kappa shape index (κ2) is 23.1. The molecule has 0 amide bonds. The van der Waals surface area contributed by atoms with Crippen LogP contribution >= 0.6 is 0 Å². The molecule has 0 aromatic heterocycles. The molecule has 0 N–H and O–H groups in total. The van der Waals surface area contributed by atoms with E-state index in [0.717, 1.165) is 44.3 Å². The summed E-state index contributed by atoms with van der Waals surface area (Å²) in [6.07, 6.45) is 17.7. The summed E-state index contributed by atoms with van der Waals surface area (Å²) >= 11 is 0. The lowest BCUT2D eigenvalue weighted by Crippen LogP contribution is -2.33. The molecular formula is C87H82N3+. The maximum Gasteiger partial charge on any atom is 0.210 e. The van der Waals surface area contributed by atoms with Gasteiger partial charge in [0.15, 0.2) is 5.71 Å². The molecule has 3 nitrogen and oxygen atoms in total. The lowest BCUT2D eigenvalue weighted by Gasteiger charge is -2.34. The Kier molecular flexibility index (Phi) is 14.9. The van der Waals surface area contributed by atoms with E-state index in [1.165, 1.54) is 127 Å². The first-order valence-corrected chi connectivity index (χ1v) is 32.6. The van der Waals surface area contributed by atoms with Crippen LogP contribution in [0.2, 0.25) is 0 Å². The molecule has 0 bridgehead atoms. The van der Waals surface area contributed by atoms with Gasteiger partial charge in [0.25, 0.3) is 0 Å². The van der Waals surface area contributed by atoms with Gasteiger partial charge in [0.05, 0.1) is 5.41 Å². The van der Waals surface area contributed by atoms with Gasteiger partial charge in [0.2, 0.25) is 5.69 Å². The molecule has 0 saturated carbocycles. The first kappa shape index (κ1) is 58.1. The van der Waals surface area contributed by atoms with Gasteiger partial charge in [0, 0.05) is 69.8 Å². The number of rotatable bonds is 16. The van der Waals surface area contributed by atoms with E-state index in [-0.39, 0.29) is 16.2 Å². The highest BCUT2D eigenvalue weighted by atomic mass is 15.2. The average molecular weight is 1170 g/mol. The molecule has 3 heteroatoms. The number of aryl methyl sites for hydroxylation is 1. The predicted molar refractivity (Wildman–Crippen MR) is 385 cm³/mol. The van der Waals surface area contributed by atoms with Crippen molar-refractivity contribution in [2.45, 2.75) is 95.8 Å². The van der Waals surface area contributed by atoms with Gasteiger partial charge in [-0.2, -0.15) is 4.58 Å². The topological polar surface area (TPSA) is 9.49 Å². The summed E-state index contributed by atoms with van der Waals surface area (Å²) in [5.41, 5.74) is 19.6. The molecule has 0 fully saturated rings. The molecule has 11 aromatic carbocycles. The van der Waals surface area contributed by atoms with Crippen LogP contribution in [0.5, 0.6) is 0 Å². The summed E-state index contributed by atoms with van der Waals surface area (Å²) in [7, 11) is 2.27. The molecule has 11 aromatic rings. The van der Waals surface area contributed by atoms with Crippen LogP contribution in [0.1, 0.15) is 91.6 Å². The van der Waals surface area contributed by atoms with Crippen LogP contribution in [0.15, 0.2) is 291 Å². The van der Waals surface area contributed by atoms with Crippen LogP contribution < -0.4 is 9.80 Å². The molecule has 4 unspecified atom stereocenters. The van der Waals surface area contributed by atoms with E-state index in [4.69, 9.17) is 6.58 Å². The van der Waals surface area contributed by atoms with Crippen LogP contribution in [0.25, 0.3) is 43.1 Å². The van der Waals surface area contributed by atoms with Crippen molar-refractivity contribution in [2.24, 2.45) is 0 Å². The molecule has 444 valence electrons. The van der Waals surface area contributed by atoms with Crippen LogP contribution in [-0.4, -0.2) is 30.4 Å². The number of allylic oxidation sites excluding steroid dienone is 9. The van der Waals surface area contributed by atoms with Crippen LogP contribution in [0, 0.1) is 6.92 Å². The Labute approximate surface area is 533 Å². The van der Waals surface area contributed by atoms with E-state index in [9.17, 15) is 0 Å². The van der Waals surface area contributed by atoms with Gasteiger partial charge in [-0.1, -0.05) is 238 Å². The van der Waals surface area contributed by atoms with Gasteiger partial charge >= 0.3 is 0 Å². The minimum atomic E-state index is -0.454. The number of hydrogen-bond acceptors (Lipinski definition) is 2. The highest BCUT2D eigenvalue weighted by Gasteiger charge is 2.49. The van der Waals surface area contributed by atoms with Gasteiger partial charge in [-0.05, 0) is 191 Å². The van der Waals surface area contributed by atoms with E-state index >= 15 is 0 Å². The largest absolute Gasteiger partial charge is 0.344 e. The number of hydrogen-bond donors (Lipinski definition) is 0. The molecule has 0 spiro atoms. The number of benzene rings is 11. The van der Waals surface area contributed by atoms with Crippen LogP contribution in [0.4, 0.5) is 17.1 Å². The molecular weight excluding hydrogens is 1090 g/mol. The van der Waals surface area contributed by atoms with Gasteiger partial charge in [-0.15, -0.1) is 0 Å². The van der Waals surface area contributed by atoms with Crippen molar-refractivity contribution in [2.75, 3.05) is 29.9 Å². The van der Waals surface area contributed by atoms with E-state index < -0.39 is 5.41 Å². The predicted octanol–water partition coefficient (Wildman–Crippen LogP) is 20.9. The first-order valence-electron chi connectivity index (χ1n) is 32.6. The summed E-state index contributed by atoms with van der Waals surface area (Å²) < 4.78 is 2.47. The summed E-state index contributed by atoms with van der Waals surface area (Å²) in [6, 6.07) is 86.0. The molecule has 90 heavy (non-hydrogen) atoms. The lowest BCUT2D eigenvalue weighted by molar-refractivity contribution is -0.401. The third-order valence-corrected chi connectivity index (χ3v) is 21.0. The number of fused-ring (bicyclic) bond motifs is 10. The zero-order valence-electron chi connectivity index (χ0n) is 53.7. The molecule has 3 heterocycles. The second-order valence-electron chi connectivity index (χ2n) is 26.6. The SMILES string of the molecule is C=C(C=CC=C1N(CC)c2ccc3ccccc3c2C1(C)Cc1ccccc1)C(C)(Cc1ccc(CC2(C)C(C=C/C=C3/N(CC)c4ccc5ccccc5c4C3(C)Cc3ccccc3)=[N+](C)c3ccc4ccccc4c32)cc1)c1c(C)ccc2ccccc12. The standard InChI is InChI=1S/C87H82N3/c1-10-89-75-54-51-68-35-20-24-39-72(68)82(75)86(7,57-62-29-14-12-15-30-62)78(89)42-26-28-61(4)84(5,80-60(3)44-49-66-33-18-22-37-70(66)80)56-64-45-47-65(48-46-64)59-85(6)77(88(9)74-53-50-67-34-19-23-38-71(67)81(74)85)41-27-43-79-87(8,58-63-31-16-13-17-32-63)83-73-40-25-21-36-69(73)52-55-76(83)90(79)11-2/h12-55H,4,10-11,56-59H2,1-3,5-9H3/q+1. The Morgan fingerprint density at radius 3 is 1.39 bits per heavy atom. The fourth-order valence-corrected chi connectivity index (χ4v) is 16.8. The first-order chi connectivity index (χ1) is 43.8. The van der Waals surface area contributed by atoms with Crippen molar-refractivity contribution in [1.29, 1.82) is 0 Å². The van der Waals surface area contributed by atoms with Gasteiger partial charge in [-0.25, -0.2) is 0 Å². The highest BCUT2D eigenvalue weighted by Crippen LogP contribution is 2.55. The number of likely N-dealkylation sites (N-methyl/N-ethyl adjacent to an activating group) is 2. The van der Waals surface area contributed by atoms with Crippen LogP contribution in [0.3, 0.4) is 0 Å². The van der Waals surface area contributed by atoms with Crippen molar-refractivity contribution in [3.63, 3.8) is 0 Å². The Balaban J connectivity index is 0.820. The molecule has 4 atom stereocenters. The van der Waals surface area contributed by atoms with Crippen molar-refractivity contribution < 1.29 is 4.58 Å². The van der Waals surface area contributed by atoms with E-state index in [1.807, 2.05) is 0 Å². The molecule has 0 aliphatic carbocycles. The van der Waals surface area contributed by atoms with Gasteiger partial charge < -0.3 is 9.80 Å². The monoisotopic (exact) mass is 1170 g/mol. The van der Waals surface area contributed by atoms with Crippen molar-refractivity contribution in [3.05, 3.63) is 341 Å². The Bertz CT molecular complexity index is 4790. The Hall–Kier alpha value is -9.57. The van der Waals surface area contributed by atoms with E-state index in [1.54, 1.807) is 0 Å². The third kappa shape index (κ3) is 9.68. The normalized spacial score (nSPS) is 20.4. The summed E-state index contributed by atoms with van der Waals surface area (Å²) in [5.74, 6) is 0. The van der Waals surface area contributed by atoms with Gasteiger partial charge in [-0.3, -0.25) is 0 Å². The van der Waals surface area contributed by atoms with Crippen molar-refractivity contribution in [3.8, 4) is 0 Å². The zero-order chi connectivity index (χ0) is 61.9. The summed E-state index contributed by atoms with van der Waals surface area (Å²) in [6.45, 7) is 23.5. The fraction of sp³-hybridized carbons (Fsp3) is 0.207. The van der Waals surface area contributed by atoms with Crippen molar-refractivity contribution >= 4 is 65.9 Å². The Morgan fingerprint density at radius 1 is 0.456 bits per heavy atom. The number of nitrogens with zero attached hydrogens (tertiary/aromatic N) is 3. The third-order valence-electron chi connectivity index (χ3n) is 21.0. The smallest absolute Gasteiger partial charge is 0.210 e. The zero-order valence-corrected chi connectivity index (χ0v) is 53.7. The Morgan fingerprint density at radius 2 is 0.867 bits per heavy atom. The second-order valence-corrected chi connectivity index (χ2v) is 26.6. The summed E-state index contributed by atoms with van der Waals surface area (Å²) in [5, 5.41) is 10.3. The molecule has 0 saturated heterocycles. The molecule has 3 aliphatic rings. The van der Waals surface area contributed by atoms with E-state index in [2.05, 4.69) is 337 Å².